The Morgan fingerprint density at radius 1 is 0.825 bits per heavy atom. The molecule has 0 spiro atoms. The number of carbonyl (C=O) groups is 2. The average molecular weight is 599 g/mol. The first-order valence-corrected chi connectivity index (χ1v) is 14.9. The summed E-state index contributed by atoms with van der Waals surface area (Å²) < 4.78 is 7.47. The molecule has 6 rings (SSSR count). The van der Waals surface area contributed by atoms with Crippen LogP contribution in [0.3, 0.4) is 0 Å². The van der Waals surface area contributed by atoms with E-state index in [1.807, 2.05) is 37.4 Å². The van der Waals surface area contributed by atoms with E-state index in [-0.39, 0.29) is 22.4 Å². The van der Waals surface area contributed by atoms with Crippen LogP contribution in [-0.2, 0) is 16.2 Å². The summed E-state index contributed by atoms with van der Waals surface area (Å²) in [5.74, 6) is 0.535. The van der Waals surface area contributed by atoms with Gasteiger partial charge in [-0.1, -0.05) is 86.1 Å². The van der Waals surface area contributed by atoms with Crippen LogP contribution in [-0.4, -0.2) is 23.5 Å². The Morgan fingerprint density at radius 2 is 1.43 bits per heavy atom. The molecule has 0 fully saturated rings. The van der Waals surface area contributed by atoms with Crippen LogP contribution in [0.4, 0.5) is 0 Å². The van der Waals surface area contributed by atoms with Gasteiger partial charge < -0.3 is 9.64 Å². The molecule has 0 amide bonds. The monoisotopic (exact) mass is 597 g/mol. The number of halogens is 1. The minimum Gasteiger partial charge on any atom is -0.489 e. The molecule has 1 heterocycles. The molecule has 0 unspecified atom stereocenters. The summed E-state index contributed by atoms with van der Waals surface area (Å²) in [6.07, 6.45) is 2.54. The van der Waals surface area contributed by atoms with Crippen molar-refractivity contribution in [3.63, 3.8) is 0 Å². The number of hydrogen-bond donors (Lipinski definition) is 0. The van der Waals surface area contributed by atoms with Crippen LogP contribution in [0.5, 0.6) is 5.75 Å². The molecule has 0 radical (unpaired) electrons. The molecule has 0 atom stereocenters. The molecule has 4 nitrogen and oxygen atoms in total. The fourth-order valence-electron chi connectivity index (χ4n) is 6.93. The summed E-state index contributed by atoms with van der Waals surface area (Å²) in [5.41, 5.74) is 5.34. The van der Waals surface area contributed by atoms with Gasteiger partial charge in [0.2, 0.25) is 0 Å². The van der Waals surface area contributed by atoms with Crippen molar-refractivity contribution >= 4 is 38.3 Å². The van der Waals surface area contributed by atoms with E-state index in [9.17, 15) is 9.59 Å². The van der Waals surface area contributed by atoms with Gasteiger partial charge in [-0.2, -0.15) is 0 Å². The summed E-state index contributed by atoms with van der Waals surface area (Å²) in [6, 6.07) is 20.6. The molecule has 0 saturated carbocycles. The zero-order valence-corrected chi connectivity index (χ0v) is 25.5. The number of fused-ring (bicyclic) bond motifs is 1. The Bertz CT molecular complexity index is 1570. The van der Waals surface area contributed by atoms with Gasteiger partial charge in [-0.05, 0) is 58.2 Å². The van der Waals surface area contributed by atoms with E-state index in [1.54, 1.807) is 0 Å². The molecule has 0 aromatic heterocycles. The number of benzene rings is 3. The Labute approximate surface area is 245 Å². The van der Waals surface area contributed by atoms with Crippen LogP contribution in [0, 0.1) is 10.8 Å². The third-order valence-corrected chi connectivity index (χ3v) is 9.22. The SMILES string of the molecule is CN1C2=C(C(=O)CC(C)(C)C2)C(c2cc(Br)ccc2OCc2cccc3ccccc23)C2=C1CC(C)(C)CC2=O. The number of ether oxygens (including phenoxy) is 1. The van der Waals surface area contributed by atoms with E-state index in [0.717, 1.165) is 56.4 Å². The van der Waals surface area contributed by atoms with Crippen LogP contribution in [0.2, 0.25) is 0 Å². The predicted octanol–water partition coefficient (Wildman–Crippen LogP) is 8.50. The maximum atomic E-state index is 13.9. The van der Waals surface area contributed by atoms with Crippen LogP contribution in [0.25, 0.3) is 10.8 Å². The zero-order valence-electron chi connectivity index (χ0n) is 23.9. The van der Waals surface area contributed by atoms with Crippen molar-refractivity contribution in [2.24, 2.45) is 10.8 Å². The predicted molar refractivity (Wildman–Crippen MR) is 163 cm³/mol. The van der Waals surface area contributed by atoms with Crippen molar-refractivity contribution in [3.8, 4) is 5.75 Å². The van der Waals surface area contributed by atoms with Gasteiger partial charge in [-0.15, -0.1) is 0 Å². The Hall–Kier alpha value is -3.18. The highest BCUT2D eigenvalue weighted by atomic mass is 79.9. The Kier molecular flexibility index (Phi) is 6.57. The molecule has 1 aliphatic heterocycles. The van der Waals surface area contributed by atoms with Gasteiger partial charge in [0, 0.05) is 58.4 Å². The summed E-state index contributed by atoms with van der Waals surface area (Å²) >= 11 is 3.68. The molecule has 40 heavy (non-hydrogen) atoms. The quantitative estimate of drug-likeness (QED) is 0.302. The maximum Gasteiger partial charge on any atom is 0.162 e. The standard InChI is InChI=1S/C35H36BrNO3/c1-34(2)16-26-32(28(38)18-34)31(33-27(37(26)5)17-35(3,4)19-29(33)39)25-15-23(36)13-14-30(25)40-20-22-11-8-10-21-9-6-7-12-24(21)22/h6-15,31H,16-20H2,1-5H3. The van der Waals surface area contributed by atoms with Gasteiger partial charge in [0.05, 0.1) is 0 Å². The van der Waals surface area contributed by atoms with E-state index in [4.69, 9.17) is 4.74 Å². The number of nitrogens with zero attached hydrogens (tertiary/aromatic N) is 1. The summed E-state index contributed by atoms with van der Waals surface area (Å²) in [4.78, 5) is 30.0. The fraction of sp³-hybridized carbons (Fsp3) is 0.371. The molecule has 3 aromatic rings. The van der Waals surface area contributed by atoms with E-state index in [2.05, 4.69) is 78.9 Å². The second-order valence-electron chi connectivity index (χ2n) is 13.2. The van der Waals surface area contributed by atoms with Gasteiger partial charge in [-0.25, -0.2) is 0 Å². The third-order valence-electron chi connectivity index (χ3n) is 8.73. The molecule has 3 aliphatic rings. The molecule has 0 bridgehead atoms. The van der Waals surface area contributed by atoms with Gasteiger partial charge >= 0.3 is 0 Å². The van der Waals surface area contributed by atoms with Gasteiger partial charge in [0.15, 0.2) is 11.6 Å². The molecule has 0 saturated heterocycles. The topological polar surface area (TPSA) is 46.6 Å². The highest BCUT2D eigenvalue weighted by Gasteiger charge is 2.48. The normalized spacial score (nSPS) is 20.6. The number of rotatable bonds is 4. The summed E-state index contributed by atoms with van der Waals surface area (Å²) in [5, 5.41) is 2.33. The van der Waals surface area contributed by atoms with E-state index in [1.165, 1.54) is 5.39 Å². The number of allylic oxidation sites excluding steroid dienone is 4. The van der Waals surface area contributed by atoms with Crippen LogP contribution < -0.4 is 4.74 Å². The second-order valence-corrected chi connectivity index (χ2v) is 14.1. The number of carbonyl (C=O) groups excluding carboxylic acids is 2. The van der Waals surface area contributed by atoms with Crippen LogP contribution in [0.15, 0.2) is 87.7 Å². The van der Waals surface area contributed by atoms with E-state index in [0.29, 0.717) is 25.2 Å². The Morgan fingerprint density at radius 3 is 2.08 bits per heavy atom. The number of ketones is 2. The summed E-state index contributed by atoms with van der Waals surface area (Å²) in [7, 11) is 2.04. The second kappa shape index (κ2) is 9.73. The van der Waals surface area contributed by atoms with Crippen molar-refractivity contribution in [1.29, 1.82) is 0 Å². The number of hydrogen-bond acceptors (Lipinski definition) is 4. The van der Waals surface area contributed by atoms with Gasteiger partial charge in [0.25, 0.3) is 0 Å². The van der Waals surface area contributed by atoms with Crippen molar-refractivity contribution in [2.45, 2.75) is 65.9 Å². The molecular weight excluding hydrogens is 562 g/mol. The first-order valence-electron chi connectivity index (χ1n) is 14.1. The largest absolute Gasteiger partial charge is 0.489 e. The maximum absolute atomic E-state index is 13.9. The minimum atomic E-state index is -0.437. The smallest absolute Gasteiger partial charge is 0.162 e. The molecular formula is C35H36BrNO3. The fourth-order valence-corrected chi connectivity index (χ4v) is 7.30. The lowest BCUT2D eigenvalue weighted by atomic mass is 9.63. The van der Waals surface area contributed by atoms with Crippen molar-refractivity contribution in [2.75, 3.05) is 7.05 Å². The zero-order chi connectivity index (χ0) is 28.4. The first-order chi connectivity index (χ1) is 18.9. The average Bonchev–Trinajstić information content (AvgIpc) is 2.88. The molecule has 2 aliphatic carbocycles. The lowest BCUT2D eigenvalue weighted by Gasteiger charge is -2.48. The highest BCUT2D eigenvalue weighted by Crippen LogP contribution is 2.55. The van der Waals surface area contributed by atoms with E-state index < -0.39 is 5.92 Å². The number of Topliss-reactive ketones (excluding diaryl/α,β-unsaturated/α-hetero) is 2. The van der Waals surface area contributed by atoms with Crippen molar-refractivity contribution in [1.82, 2.24) is 4.90 Å². The molecule has 5 heteroatoms. The lowest BCUT2D eigenvalue weighted by Crippen LogP contribution is -2.43. The van der Waals surface area contributed by atoms with Gasteiger partial charge in [-0.3, -0.25) is 9.59 Å². The lowest BCUT2D eigenvalue weighted by molar-refractivity contribution is -0.119. The Balaban J connectivity index is 1.50. The van der Waals surface area contributed by atoms with Crippen LogP contribution in [0.1, 0.15) is 70.4 Å². The van der Waals surface area contributed by atoms with Gasteiger partial charge in [0.1, 0.15) is 12.4 Å². The molecule has 0 N–H and O–H groups in total. The first kappa shape index (κ1) is 27.0. The molecule has 206 valence electrons. The van der Waals surface area contributed by atoms with Crippen molar-refractivity contribution < 1.29 is 14.3 Å². The molecule has 3 aromatic carbocycles. The third kappa shape index (κ3) is 4.72. The van der Waals surface area contributed by atoms with Crippen LogP contribution >= 0.6 is 15.9 Å². The van der Waals surface area contributed by atoms with Crippen molar-refractivity contribution in [3.05, 3.63) is 98.8 Å². The summed E-state index contributed by atoms with van der Waals surface area (Å²) in [6.45, 7) is 9.04. The minimum absolute atomic E-state index is 0.132. The highest BCUT2D eigenvalue weighted by molar-refractivity contribution is 9.10. The van der Waals surface area contributed by atoms with E-state index >= 15 is 0 Å².